The second kappa shape index (κ2) is 7.33. The molecule has 0 amide bonds. The third kappa shape index (κ3) is 3.85. The molecule has 1 rings (SSSR count). The zero-order chi connectivity index (χ0) is 13.6. The van der Waals surface area contributed by atoms with E-state index in [1.807, 2.05) is 0 Å². The third-order valence-electron chi connectivity index (χ3n) is 3.50. The van der Waals surface area contributed by atoms with E-state index in [9.17, 15) is 9.90 Å². The summed E-state index contributed by atoms with van der Waals surface area (Å²) in [7, 11) is 3.19. The van der Waals surface area contributed by atoms with E-state index in [1.165, 1.54) is 7.11 Å². The van der Waals surface area contributed by atoms with Crippen LogP contribution in [0.5, 0.6) is 0 Å². The number of nitrogens with one attached hydrogen (secondary N) is 1. The number of hydrogen-bond donors (Lipinski definition) is 3. The fourth-order valence-corrected chi connectivity index (χ4v) is 3.71. The first kappa shape index (κ1) is 15.8. The van der Waals surface area contributed by atoms with Crippen molar-refractivity contribution >= 4 is 17.7 Å². The molecule has 0 saturated heterocycles. The first-order valence-electron chi connectivity index (χ1n) is 6.26. The van der Waals surface area contributed by atoms with E-state index in [2.05, 4.69) is 5.32 Å². The lowest BCUT2D eigenvalue weighted by molar-refractivity contribution is -0.149. The predicted octanol–water partition coefficient (Wildman–Crippen LogP) is 0.147. The Morgan fingerprint density at radius 1 is 1.67 bits per heavy atom. The van der Waals surface area contributed by atoms with Crippen LogP contribution in [0.25, 0.3) is 0 Å². The van der Waals surface area contributed by atoms with Crippen LogP contribution in [0.15, 0.2) is 0 Å². The van der Waals surface area contributed by atoms with Crippen molar-refractivity contribution in [1.82, 2.24) is 5.32 Å². The van der Waals surface area contributed by atoms with Gasteiger partial charge in [-0.25, -0.2) is 0 Å². The summed E-state index contributed by atoms with van der Waals surface area (Å²) in [4.78, 5) is 11.9. The minimum Gasteiger partial charge on any atom is -0.468 e. The van der Waals surface area contributed by atoms with Crippen LogP contribution in [-0.4, -0.2) is 59.6 Å². The van der Waals surface area contributed by atoms with E-state index in [4.69, 9.17) is 9.84 Å². The molecule has 1 aliphatic rings. The van der Waals surface area contributed by atoms with Gasteiger partial charge in [0.25, 0.3) is 0 Å². The van der Waals surface area contributed by atoms with Crippen LogP contribution < -0.4 is 5.32 Å². The van der Waals surface area contributed by atoms with E-state index in [1.54, 1.807) is 18.8 Å². The number of ether oxygens (including phenoxy) is 1. The Morgan fingerprint density at radius 2 is 2.39 bits per heavy atom. The fourth-order valence-electron chi connectivity index (χ4n) is 2.38. The topological polar surface area (TPSA) is 78.8 Å². The van der Waals surface area contributed by atoms with Gasteiger partial charge in [0, 0.05) is 11.0 Å². The number of likely N-dealkylation sites (N-methyl/N-ethyl adjacent to an activating group) is 1. The van der Waals surface area contributed by atoms with Crippen LogP contribution in [-0.2, 0) is 9.53 Å². The summed E-state index contributed by atoms with van der Waals surface area (Å²) >= 11 is 1.62. The Morgan fingerprint density at radius 3 is 2.94 bits per heavy atom. The van der Waals surface area contributed by atoms with Gasteiger partial charge in [-0.1, -0.05) is 0 Å². The van der Waals surface area contributed by atoms with Crippen molar-refractivity contribution in [2.75, 3.05) is 26.5 Å². The Labute approximate surface area is 112 Å². The molecule has 3 N–H and O–H groups in total. The van der Waals surface area contributed by atoms with Gasteiger partial charge in [-0.3, -0.25) is 4.79 Å². The summed E-state index contributed by atoms with van der Waals surface area (Å²) in [6.45, 7) is -0.214. The number of carbonyl (C=O) groups is 1. The Kier molecular flexibility index (Phi) is 6.42. The molecule has 3 atom stereocenters. The SMILES string of the molecule is CNC1(C(=O)OC)CCCC(SCC(O)CO)C1. The molecule has 1 fully saturated rings. The molecule has 6 heteroatoms. The van der Waals surface area contributed by atoms with Gasteiger partial charge in [-0.05, 0) is 32.7 Å². The van der Waals surface area contributed by atoms with E-state index < -0.39 is 11.6 Å². The average Bonchev–Trinajstić information content (AvgIpc) is 2.43. The molecule has 1 aliphatic carbocycles. The van der Waals surface area contributed by atoms with E-state index in [-0.39, 0.29) is 12.6 Å². The zero-order valence-corrected chi connectivity index (χ0v) is 11.8. The Hall–Kier alpha value is -0.300. The number of carbonyl (C=O) groups excluding carboxylic acids is 1. The van der Waals surface area contributed by atoms with Gasteiger partial charge >= 0.3 is 5.97 Å². The molecule has 18 heavy (non-hydrogen) atoms. The van der Waals surface area contributed by atoms with E-state index in [0.29, 0.717) is 17.4 Å². The molecule has 0 bridgehead atoms. The quantitative estimate of drug-likeness (QED) is 0.600. The lowest BCUT2D eigenvalue weighted by Gasteiger charge is -2.38. The average molecular weight is 277 g/mol. The number of aliphatic hydroxyl groups excluding tert-OH is 2. The molecule has 3 unspecified atom stereocenters. The molecule has 106 valence electrons. The highest BCUT2D eigenvalue weighted by Gasteiger charge is 2.42. The van der Waals surface area contributed by atoms with Gasteiger partial charge in [0.15, 0.2) is 0 Å². The molecule has 0 spiro atoms. The van der Waals surface area contributed by atoms with Crippen LogP contribution in [0, 0.1) is 0 Å². The van der Waals surface area contributed by atoms with Crippen molar-refractivity contribution in [3.05, 3.63) is 0 Å². The monoisotopic (exact) mass is 277 g/mol. The smallest absolute Gasteiger partial charge is 0.326 e. The lowest BCUT2D eigenvalue weighted by Crippen LogP contribution is -2.54. The van der Waals surface area contributed by atoms with Crippen LogP contribution in [0.1, 0.15) is 25.7 Å². The van der Waals surface area contributed by atoms with Gasteiger partial charge in [0.05, 0.1) is 19.8 Å². The molecule has 0 aromatic rings. The van der Waals surface area contributed by atoms with Crippen molar-refractivity contribution in [2.45, 2.75) is 42.6 Å². The highest BCUT2D eigenvalue weighted by molar-refractivity contribution is 7.99. The molecule has 0 aromatic carbocycles. The van der Waals surface area contributed by atoms with Crippen molar-refractivity contribution < 1.29 is 19.7 Å². The summed E-state index contributed by atoms with van der Waals surface area (Å²) in [5.74, 6) is 0.292. The molecular weight excluding hydrogens is 254 g/mol. The van der Waals surface area contributed by atoms with Crippen molar-refractivity contribution in [1.29, 1.82) is 0 Å². The number of rotatable bonds is 6. The molecule has 5 nitrogen and oxygen atoms in total. The molecule has 0 heterocycles. The van der Waals surface area contributed by atoms with Crippen LogP contribution in [0.2, 0.25) is 0 Å². The summed E-state index contributed by atoms with van der Waals surface area (Å²) in [5, 5.41) is 21.6. The molecule has 0 radical (unpaired) electrons. The Balaban J connectivity index is 2.56. The maximum absolute atomic E-state index is 11.9. The van der Waals surface area contributed by atoms with Crippen molar-refractivity contribution in [2.24, 2.45) is 0 Å². The number of hydrogen-bond acceptors (Lipinski definition) is 6. The number of thioether (sulfide) groups is 1. The molecule has 0 aromatic heterocycles. The third-order valence-corrected chi connectivity index (χ3v) is 4.95. The summed E-state index contributed by atoms with van der Waals surface area (Å²) in [6.07, 6.45) is 2.81. The highest BCUT2D eigenvalue weighted by Crippen LogP contribution is 2.35. The van der Waals surface area contributed by atoms with Gasteiger partial charge in [-0.15, -0.1) is 0 Å². The van der Waals surface area contributed by atoms with Crippen molar-refractivity contribution in [3.8, 4) is 0 Å². The standard InChI is InChI=1S/C12H23NO4S/c1-13-12(11(16)17-2)5-3-4-10(6-12)18-8-9(15)7-14/h9-10,13-15H,3-8H2,1-2H3. The first-order valence-corrected chi connectivity index (χ1v) is 7.30. The molecule has 1 saturated carbocycles. The molecular formula is C12H23NO4S. The summed E-state index contributed by atoms with van der Waals surface area (Å²) in [5.41, 5.74) is -0.588. The molecule has 0 aliphatic heterocycles. The first-order chi connectivity index (χ1) is 8.57. The minimum absolute atomic E-state index is 0.210. The maximum Gasteiger partial charge on any atom is 0.326 e. The van der Waals surface area contributed by atoms with Gasteiger partial charge in [0.2, 0.25) is 0 Å². The summed E-state index contributed by atoms with van der Waals surface area (Å²) in [6, 6.07) is 0. The second-order valence-electron chi connectivity index (χ2n) is 4.71. The van der Waals surface area contributed by atoms with E-state index in [0.717, 1.165) is 19.3 Å². The normalized spacial score (nSPS) is 29.9. The number of methoxy groups -OCH3 is 1. The van der Waals surface area contributed by atoms with Crippen LogP contribution in [0.3, 0.4) is 0 Å². The lowest BCUT2D eigenvalue weighted by atomic mass is 9.81. The second-order valence-corrected chi connectivity index (χ2v) is 6.05. The zero-order valence-electron chi connectivity index (χ0n) is 11.0. The van der Waals surface area contributed by atoms with Crippen LogP contribution >= 0.6 is 11.8 Å². The van der Waals surface area contributed by atoms with Gasteiger partial charge in [0.1, 0.15) is 5.54 Å². The highest BCUT2D eigenvalue weighted by atomic mass is 32.2. The van der Waals surface area contributed by atoms with E-state index >= 15 is 0 Å². The van der Waals surface area contributed by atoms with Gasteiger partial charge in [-0.2, -0.15) is 11.8 Å². The minimum atomic E-state index is -0.681. The largest absolute Gasteiger partial charge is 0.468 e. The predicted molar refractivity (Wildman–Crippen MR) is 71.6 cm³/mol. The van der Waals surface area contributed by atoms with Crippen molar-refractivity contribution in [3.63, 3.8) is 0 Å². The van der Waals surface area contributed by atoms with Crippen LogP contribution in [0.4, 0.5) is 0 Å². The summed E-state index contributed by atoms with van der Waals surface area (Å²) < 4.78 is 4.88. The Bertz CT molecular complexity index is 277. The fraction of sp³-hybridized carbons (Fsp3) is 0.917. The van der Waals surface area contributed by atoms with Gasteiger partial charge < -0.3 is 20.3 Å². The number of aliphatic hydroxyl groups is 2. The number of esters is 1. The maximum atomic E-state index is 11.9.